The third-order valence-electron chi connectivity index (χ3n) is 3.77. The average Bonchev–Trinajstić information content (AvgIpc) is 2.57. The van der Waals surface area contributed by atoms with Crippen LogP contribution < -0.4 is 4.74 Å². The van der Waals surface area contributed by atoms with E-state index in [-0.39, 0.29) is 5.82 Å². The molecule has 0 amide bonds. The minimum absolute atomic E-state index is 0.309. The summed E-state index contributed by atoms with van der Waals surface area (Å²) >= 11 is 6.22. The maximum Gasteiger partial charge on any atom is 0.337 e. The Kier molecular flexibility index (Phi) is 4.09. The van der Waals surface area contributed by atoms with Gasteiger partial charge in [0.2, 0.25) is 0 Å². The number of fused-ring (bicyclic) bond motifs is 1. The van der Waals surface area contributed by atoms with Crippen LogP contribution in [0, 0.1) is 12.7 Å². The van der Waals surface area contributed by atoms with Gasteiger partial charge in [0.15, 0.2) is 0 Å². The molecule has 0 saturated heterocycles. The van der Waals surface area contributed by atoms with E-state index in [2.05, 4.69) is 0 Å². The average molecular weight is 333 g/mol. The van der Waals surface area contributed by atoms with Crippen LogP contribution >= 0.6 is 11.6 Å². The van der Waals surface area contributed by atoms with Gasteiger partial charge in [0.1, 0.15) is 18.2 Å². The lowest BCUT2D eigenvalue weighted by Gasteiger charge is -2.21. The molecule has 23 heavy (non-hydrogen) atoms. The molecule has 1 aliphatic heterocycles. The zero-order chi connectivity index (χ0) is 16.6. The second-order valence-corrected chi connectivity index (χ2v) is 5.59. The van der Waals surface area contributed by atoms with Gasteiger partial charge in [0.25, 0.3) is 0 Å². The number of esters is 1. The van der Waals surface area contributed by atoms with Gasteiger partial charge < -0.3 is 9.47 Å². The van der Waals surface area contributed by atoms with Crippen LogP contribution in [-0.2, 0) is 4.74 Å². The molecule has 0 aliphatic carbocycles. The molecule has 0 fully saturated rings. The molecule has 1 aliphatic rings. The monoisotopic (exact) mass is 332 g/mol. The fourth-order valence-electron chi connectivity index (χ4n) is 2.58. The van der Waals surface area contributed by atoms with Gasteiger partial charge in [0, 0.05) is 11.1 Å². The summed E-state index contributed by atoms with van der Waals surface area (Å²) in [5, 5.41) is 0.315. The molecule has 0 radical (unpaired) electrons. The Morgan fingerprint density at radius 1 is 1.30 bits per heavy atom. The molecule has 3 rings (SSSR count). The van der Waals surface area contributed by atoms with Crippen molar-refractivity contribution in [1.82, 2.24) is 0 Å². The summed E-state index contributed by atoms with van der Waals surface area (Å²) in [5.41, 5.74) is 2.42. The van der Waals surface area contributed by atoms with Crippen molar-refractivity contribution in [3.63, 3.8) is 0 Å². The molecule has 0 atom stereocenters. The van der Waals surface area contributed by atoms with E-state index in [1.165, 1.54) is 7.11 Å². The van der Waals surface area contributed by atoms with Crippen molar-refractivity contribution < 1.29 is 18.7 Å². The molecule has 2 aromatic carbocycles. The van der Waals surface area contributed by atoms with Crippen molar-refractivity contribution in [3.8, 4) is 5.75 Å². The first-order valence-electron chi connectivity index (χ1n) is 7.03. The Labute approximate surface area is 138 Å². The standard InChI is InChI=1S/C18H14ClFO3/c1-10-3-5-14(19)16(17(10)20)12-7-8-23-15-6-4-11(9-13(12)15)18(21)22-2/h3-7,9H,8H2,1-2H3. The molecule has 0 spiro atoms. The van der Waals surface area contributed by atoms with Gasteiger partial charge in [-0.15, -0.1) is 0 Å². The number of hydrogen-bond acceptors (Lipinski definition) is 3. The number of halogens is 2. The van der Waals surface area contributed by atoms with E-state index >= 15 is 0 Å². The largest absolute Gasteiger partial charge is 0.489 e. The van der Waals surface area contributed by atoms with Crippen molar-refractivity contribution in [2.75, 3.05) is 13.7 Å². The fraction of sp³-hybridized carbons (Fsp3) is 0.167. The molecule has 3 nitrogen and oxygen atoms in total. The first-order valence-corrected chi connectivity index (χ1v) is 7.41. The van der Waals surface area contributed by atoms with Crippen molar-refractivity contribution in [3.05, 3.63) is 69.5 Å². The van der Waals surface area contributed by atoms with Crippen LogP contribution in [0.3, 0.4) is 0 Å². The van der Waals surface area contributed by atoms with Gasteiger partial charge >= 0.3 is 5.97 Å². The number of carbonyl (C=O) groups is 1. The normalized spacial score (nSPS) is 13.0. The number of aryl methyl sites for hydroxylation is 1. The molecule has 0 N–H and O–H groups in total. The Morgan fingerprint density at radius 2 is 2.09 bits per heavy atom. The maximum atomic E-state index is 14.6. The fourth-order valence-corrected chi connectivity index (χ4v) is 2.82. The minimum atomic E-state index is -0.464. The summed E-state index contributed by atoms with van der Waals surface area (Å²) in [4.78, 5) is 11.7. The topological polar surface area (TPSA) is 35.5 Å². The first kappa shape index (κ1) is 15.6. The van der Waals surface area contributed by atoms with Gasteiger partial charge in [0.05, 0.1) is 17.7 Å². The summed E-state index contributed by atoms with van der Waals surface area (Å²) in [7, 11) is 1.31. The van der Waals surface area contributed by atoms with Gasteiger partial charge in [-0.2, -0.15) is 0 Å². The van der Waals surface area contributed by atoms with E-state index in [1.54, 1.807) is 43.3 Å². The van der Waals surface area contributed by atoms with E-state index in [0.29, 0.717) is 45.2 Å². The lowest BCUT2D eigenvalue weighted by atomic mass is 9.92. The van der Waals surface area contributed by atoms with Gasteiger partial charge in [-0.1, -0.05) is 17.7 Å². The Morgan fingerprint density at radius 3 is 2.83 bits per heavy atom. The predicted octanol–water partition coefficient (Wildman–Crippen LogP) is 4.40. The molecule has 0 unspecified atom stereocenters. The summed E-state index contributed by atoms with van der Waals surface area (Å²) in [5.74, 6) is -0.263. The van der Waals surface area contributed by atoms with Gasteiger partial charge in [-0.3, -0.25) is 0 Å². The van der Waals surface area contributed by atoms with Crippen LogP contribution in [0.1, 0.15) is 27.0 Å². The van der Waals surface area contributed by atoms with Crippen molar-refractivity contribution >= 4 is 23.1 Å². The molecular formula is C18H14ClFO3. The highest BCUT2D eigenvalue weighted by atomic mass is 35.5. The van der Waals surface area contributed by atoms with E-state index < -0.39 is 5.97 Å². The number of methoxy groups -OCH3 is 1. The number of rotatable bonds is 2. The highest BCUT2D eigenvalue weighted by Gasteiger charge is 2.23. The van der Waals surface area contributed by atoms with Crippen LogP contribution in [0.15, 0.2) is 36.4 Å². The smallest absolute Gasteiger partial charge is 0.337 e. The van der Waals surface area contributed by atoms with E-state index in [4.69, 9.17) is 21.1 Å². The van der Waals surface area contributed by atoms with Crippen LogP contribution in [-0.4, -0.2) is 19.7 Å². The summed E-state index contributed by atoms with van der Waals surface area (Å²) in [6, 6.07) is 8.21. The molecule has 118 valence electrons. The van der Waals surface area contributed by atoms with Crippen LogP contribution in [0.2, 0.25) is 5.02 Å². The summed E-state index contributed by atoms with van der Waals surface area (Å²) in [6.45, 7) is 1.99. The van der Waals surface area contributed by atoms with Crippen molar-refractivity contribution in [2.45, 2.75) is 6.92 Å². The first-order chi connectivity index (χ1) is 11.0. The number of carbonyl (C=O) groups excluding carboxylic acids is 1. The second-order valence-electron chi connectivity index (χ2n) is 5.18. The zero-order valence-corrected chi connectivity index (χ0v) is 13.4. The molecule has 0 bridgehead atoms. The molecule has 0 saturated carbocycles. The lowest BCUT2D eigenvalue weighted by Crippen LogP contribution is -2.09. The Balaban J connectivity index is 2.20. The van der Waals surface area contributed by atoms with Gasteiger partial charge in [-0.25, -0.2) is 9.18 Å². The summed E-state index contributed by atoms with van der Waals surface area (Å²) < 4.78 is 24.9. The number of ether oxygens (including phenoxy) is 2. The maximum absolute atomic E-state index is 14.6. The highest BCUT2D eigenvalue weighted by Crippen LogP contribution is 2.39. The van der Waals surface area contributed by atoms with Crippen molar-refractivity contribution in [2.24, 2.45) is 0 Å². The third-order valence-corrected chi connectivity index (χ3v) is 4.09. The Hall–Kier alpha value is -2.33. The molecule has 1 heterocycles. The van der Waals surface area contributed by atoms with E-state index in [1.807, 2.05) is 0 Å². The lowest BCUT2D eigenvalue weighted by molar-refractivity contribution is 0.0600. The SMILES string of the molecule is COC(=O)c1ccc2c(c1)C(c1c(Cl)ccc(C)c1F)=CCO2. The Bertz CT molecular complexity index is 827. The predicted molar refractivity (Wildman–Crippen MR) is 86.5 cm³/mol. The quantitative estimate of drug-likeness (QED) is 0.765. The van der Waals surface area contributed by atoms with E-state index in [0.717, 1.165) is 0 Å². The third kappa shape index (κ3) is 2.70. The van der Waals surface area contributed by atoms with Crippen LogP contribution in [0.4, 0.5) is 4.39 Å². The van der Waals surface area contributed by atoms with Crippen LogP contribution in [0.5, 0.6) is 5.75 Å². The number of benzene rings is 2. The van der Waals surface area contributed by atoms with Gasteiger partial charge in [-0.05, 0) is 48.4 Å². The highest BCUT2D eigenvalue weighted by molar-refractivity contribution is 6.32. The number of hydrogen-bond donors (Lipinski definition) is 0. The molecule has 5 heteroatoms. The summed E-state index contributed by atoms with van der Waals surface area (Å²) in [6.07, 6.45) is 1.76. The molecule has 0 aromatic heterocycles. The van der Waals surface area contributed by atoms with Crippen LogP contribution in [0.25, 0.3) is 5.57 Å². The molecule has 2 aromatic rings. The van der Waals surface area contributed by atoms with E-state index in [9.17, 15) is 9.18 Å². The zero-order valence-electron chi connectivity index (χ0n) is 12.7. The van der Waals surface area contributed by atoms with Crippen molar-refractivity contribution in [1.29, 1.82) is 0 Å². The second kappa shape index (κ2) is 6.05. The minimum Gasteiger partial charge on any atom is -0.489 e. The molecular weight excluding hydrogens is 319 g/mol.